The molecule has 2 aliphatic heterocycles. The Labute approximate surface area is 146 Å². The van der Waals surface area contributed by atoms with Gasteiger partial charge in [-0.15, -0.1) is 0 Å². The van der Waals surface area contributed by atoms with E-state index in [2.05, 4.69) is 31.2 Å². The molecule has 1 aromatic carbocycles. The highest BCUT2D eigenvalue weighted by Crippen LogP contribution is 2.26. The molecule has 3 heterocycles. The van der Waals surface area contributed by atoms with Crippen molar-refractivity contribution in [3.8, 4) is 0 Å². The number of rotatable bonds is 5. The van der Waals surface area contributed by atoms with Crippen LogP contribution in [0.3, 0.4) is 0 Å². The SMILES string of the molecule is Cc1cccc(Nc2nc(NCC3CCCN3)nc3c2C(=O)NC3)c1. The summed E-state index contributed by atoms with van der Waals surface area (Å²) < 4.78 is 0. The van der Waals surface area contributed by atoms with Gasteiger partial charge in [0.2, 0.25) is 5.95 Å². The molecule has 4 rings (SSSR count). The van der Waals surface area contributed by atoms with E-state index in [1.807, 2.05) is 31.2 Å². The summed E-state index contributed by atoms with van der Waals surface area (Å²) in [5.41, 5.74) is 3.32. The molecule has 0 radical (unpaired) electrons. The number of aromatic nitrogens is 2. The Morgan fingerprint density at radius 3 is 3.04 bits per heavy atom. The van der Waals surface area contributed by atoms with Crippen LogP contribution in [0.1, 0.15) is 34.5 Å². The molecular weight excluding hydrogens is 316 g/mol. The van der Waals surface area contributed by atoms with Gasteiger partial charge in [0, 0.05) is 18.3 Å². The third kappa shape index (κ3) is 3.41. The van der Waals surface area contributed by atoms with Crippen LogP contribution in [0.5, 0.6) is 0 Å². The summed E-state index contributed by atoms with van der Waals surface area (Å²) in [6, 6.07) is 8.44. The van der Waals surface area contributed by atoms with Crippen molar-refractivity contribution in [1.29, 1.82) is 0 Å². The summed E-state index contributed by atoms with van der Waals surface area (Å²) in [6.07, 6.45) is 2.36. The molecule has 0 saturated carbocycles. The van der Waals surface area contributed by atoms with Crippen molar-refractivity contribution in [2.75, 3.05) is 23.7 Å². The maximum atomic E-state index is 12.2. The van der Waals surface area contributed by atoms with Crippen LogP contribution in [0.4, 0.5) is 17.5 Å². The van der Waals surface area contributed by atoms with Gasteiger partial charge in [0.05, 0.1) is 12.2 Å². The number of nitrogens with zero attached hydrogens (tertiary/aromatic N) is 2. The summed E-state index contributed by atoms with van der Waals surface area (Å²) in [5, 5.41) is 12.9. The molecule has 7 nitrogen and oxygen atoms in total. The third-order valence-electron chi connectivity index (χ3n) is 4.58. The van der Waals surface area contributed by atoms with Crippen molar-refractivity contribution in [2.24, 2.45) is 0 Å². The minimum Gasteiger partial charge on any atom is -0.353 e. The second-order valence-corrected chi connectivity index (χ2v) is 6.57. The van der Waals surface area contributed by atoms with Crippen LogP contribution < -0.4 is 21.3 Å². The number of hydrogen-bond donors (Lipinski definition) is 4. The molecule has 4 N–H and O–H groups in total. The minimum absolute atomic E-state index is 0.130. The number of nitrogens with one attached hydrogen (secondary N) is 4. The van der Waals surface area contributed by atoms with Crippen molar-refractivity contribution >= 4 is 23.4 Å². The fourth-order valence-electron chi connectivity index (χ4n) is 3.30. The van der Waals surface area contributed by atoms with Gasteiger partial charge in [-0.3, -0.25) is 4.79 Å². The Balaban J connectivity index is 1.60. The van der Waals surface area contributed by atoms with E-state index < -0.39 is 0 Å². The van der Waals surface area contributed by atoms with Crippen molar-refractivity contribution in [3.63, 3.8) is 0 Å². The summed E-state index contributed by atoms with van der Waals surface area (Å²) in [4.78, 5) is 21.2. The van der Waals surface area contributed by atoms with Gasteiger partial charge in [-0.2, -0.15) is 4.98 Å². The molecule has 0 aliphatic carbocycles. The molecule has 0 spiro atoms. The van der Waals surface area contributed by atoms with Crippen molar-refractivity contribution < 1.29 is 4.79 Å². The molecule has 7 heteroatoms. The number of amides is 1. The maximum Gasteiger partial charge on any atom is 0.257 e. The highest BCUT2D eigenvalue weighted by atomic mass is 16.2. The highest BCUT2D eigenvalue weighted by Gasteiger charge is 2.27. The smallest absolute Gasteiger partial charge is 0.257 e. The Kier molecular flexibility index (Phi) is 4.23. The van der Waals surface area contributed by atoms with Crippen LogP contribution in [0.25, 0.3) is 0 Å². The lowest BCUT2D eigenvalue weighted by Crippen LogP contribution is -2.30. The molecule has 0 bridgehead atoms. The first-order valence-electron chi connectivity index (χ1n) is 8.69. The topological polar surface area (TPSA) is 91.0 Å². The van der Waals surface area contributed by atoms with Gasteiger partial charge in [-0.1, -0.05) is 12.1 Å². The molecule has 2 aliphatic rings. The molecule has 1 amide bonds. The first-order valence-corrected chi connectivity index (χ1v) is 8.69. The van der Waals surface area contributed by atoms with Gasteiger partial charge in [0.1, 0.15) is 11.4 Å². The molecule has 1 aromatic heterocycles. The number of hydrogen-bond acceptors (Lipinski definition) is 6. The number of anilines is 3. The maximum absolute atomic E-state index is 12.2. The number of carbonyl (C=O) groups excluding carboxylic acids is 1. The van der Waals surface area contributed by atoms with Crippen LogP contribution in [0, 0.1) is 6.92 Å². The minimum atomic E-state index is -0.130. The Morgan fingerprint density at radius 1 is 1.32 bits per heavy atom. The van der Waals surface area contributed by atoms with Crippen LogP contribution in [0.2, 0.25) is 0 Å². The van der Waals surface area contributed by atoms with E-state index in [9.17, 15) is 4.79 Å². The number of fused-ring (bicyclic) bond motifs is 1. The van der Waals surface area contributed by atoms with Crippen LogP contribution in [-0.2, 0) is 6.54 Å². The van der Waals surface area contributed by atoms with Gasteiger partial charge in [0.25, 0.3) is 5.91 Å². The zero-order valence-corrected chi connectivity index (χ0v) is 14.2. The van der Waals surface area contributed by atoms with Crippen molar-refractivity contribution in [3.05, 3.63) is 41.1 Å². The summed E-state index contributed by atoms with van der Waals surface area (Å²) in [7, 11) is 0. The molecule has 2 aromatic rings. The molecule has 1 saturated heterocycles. The molecule has 25 heavy (non-hydrogen) atoms. The van der Waals surface area contributed by atoms with Crippen LogP contribution in [-0.4, -0.2) is 35.0 Å². The molecule has 1 unspecified atom stereocenters. The summed E-state index contributed by atoms with van der Waals surface area (Å²) in [5.74, 6) is 0.973. The second-order valence-electron chi connectivity index (χ2n) is 6.57. The second kappa shape index (κ2) is 6.68. The zero-order chi connectivity index (χ0) is 17.2. The highest BCUT2D eigenvalue weighted by molar-refractivity contribution is 6.02. The monoisotopic (exact) mass is 338 g/mol. The number of aryl methyl sites for hydroxylation is 1. The van der Waals surface area contributed by atoms with Crippen LogP contribution in [0.15, 0.2) is 24.3 Å². The van der Waals surface area contributed by atoms with E-state index >= 15 is 0 Å². The normalized spacial score (nSPS) is 18.8. The van der Waals surface area contributed by atoms with E-state index in [1.54, 1.807) is 0 Å². The Bertz CT molecular complexity index is 800. The standard InChI is InChI=1S/C18H22N6O/c1-11-4-2-5-12(8-11)22-16-15-14(10-20-17(15)25)23-18(24-16)21-9-13-6-3-7-19-13/h2,4-5,8,13,19H,3,6-7,9-10H2,1H3,(H,20,25)(H2,21,22,23,24). The summed E-state index contributed by atoms with van der Waals surface area (Å²) >= 11 is 0. The summed E-state index contributed by atoms with van der Waals surface area (Å²) in [6.45, 7) is 4.32. The van der Waals surface area contributed by atoms with E-state index in [0.29, 0.717) is 29.9 Å². The Hall–Kier alpha value is -2.67. The predicted molar refractivity (Wildman–Crippen MR) is 97.2 cm³/mol. The van der Waals surface area contributed by atoms with Crippen molar-refractivity contribution in [1.82, 2.24) is 20.6 Å². The average Bonchev–Trinajstić information content (AvgIpc) is 3.23. The zero-order valence-electron chi connectivity index (χ0n) is 14.2. The molecule has 1 atom stereocenters. The van der Waals surface area contributed by atoms with E-state index in [0.717, 1.165) is 36.5 Å². The first-order chi connectivity index (χ1) is 12.2. The fourth-order valence-corrected chi connectivity index (χ4v) is 3.30. The van der Waals surface area contributed by atoms with Gasteiger partial charge in [-0.05, 0) is 44.0 Å². The first kappa shape index (κ1) is 15.8. The number of benzene rings is 1. The van der Waals surface area contributed by atoms with Gasteiger partial charge < -0.3 is 21.3 Å². The lowest BCUT2D eigenvalue weighted by atomic mass is 10.2. The number of carbonyl (C=O) groups is 1. The molecule has 1 fully saturated rings. The predicted octanol–water partition coefficient (Wildman–Crippen LogP) is 1.94. The molecule has 130 valence electrons. The lowest BCUT2D eigenvalue weighted by Gasteiger charge is -2.14. The fraction of sp³-hybridized carbons (Fsp3) is 0.389. The third-order valence-corrected chi connectivity index (χ3v) is 4.58. The molecular formula is C18H22N6O. The average molecular weight is 338 g/mol. The van der Waals surface area contributed by atoms with Crippen molar-refractivity contribution in [2.45, 2.75) is 32.4 Å². The van der Waals surface area contributed by atoms with E-state index in [1.165, 1.54) is 6.42 Å². The van der Waals surface area contributed by atoms with Crippen LogP contribution >= 0.6 is 0 Å². The van der Waals surface area contributed by atoms with E-state index in [4.69, 9.17) is 0 Å². The Morgan fingerprint density at radius 2 is 2.24 bits per heavy atom. The van der Waals surface area contributed by atoms with Gasteiger partial charge in [-0.25, -0.2) is 4.98 Å². The quantitative estimate of drug-likeness (QED) is 0.666. The van der Waals surface area contributed by atoms with Gasteiger partial charge in [0.15, 0.2) is 0 Å². The van der Waals surface area contributed by atoms with Gasteiger partial charge >= 0.3 is 0 Å². The van der Waals surface area contributed by atoms with E-state index in [-0.39, 0.29) is 5.91 Å². The largest absolute Gasteiger partial charge is 0.353 e. The lowest BCUT2D eigenvalue weighted by molar-refractivity contribution is 0.0966.